The van der Waals surface area contributed by atoms with Crippen LogP contribution in [0, 0.1) is 6.92 Å². The highest BCUT2D eigenvalue weighted by atomic mass is 16.2. The molecule has 0 unspecified atom stereocenters. The van der Waals surface area contributed by atoms with Crippen LogP contribution >= 0.6 is 0 Å². The van der Waals surface area contributed by atoms with Gasteiger partial charge in [-0.3, -0.25) is 20.2 Å². The molecule has 3 aromatic heterocycles. The van der Waals surface area contributed by atoms with E-state index >= 15 is 0 Å². The zero-order chi connectivity index (χ0) is 21.4. The van der Waals surface area contributed by atoms with E-state index in [1.165, 1.54) is 0 Å². The summed E-state index contributed by atoms with van der Waals surface area (Å²) in [7, 11) is 1.75. The zero-order valence-corrected chi connectivity index (χ0v) is 17.5. The number of carbonyl (C=O) groups is 1. The number of urea groups is 1. The van der Waals surface area contributed by atoms with Gasteiger partial charge >= 0.3 is 6.03 Å². The second-order valence-corrected chi connectivity index (χ2v) is 7.75. The molecule has 2 aliphatic rings. The monoisotopic (exact) mass is 413 g/mol. The molecule has 2 bridgehead atoms. The summed E-state index contributed by atoms with van der Waals surface area (Å²) in [6.07, 6.45) is 6.15. The van der Waals surface area contributed by atoms with Crippen LogP contribution in [-0.2, 0) is 0 Å². The summed E-state index contributed by atoms with van der Waals surface area (Å²) in [6.45, 7) is 3.64. The van der Waals surface area contributed by atoms with Crippen LogP contribution in [0.4, 0.5) is 22.1 Å². The molecule has 1 atom stereocenters. The number of nitrogens with zero attached hydrogens (tertiary/aromatic N) is 6. The number of amides is 2. The third kappa shape index (κ3) is 3.50. The Morgan fingerprint density at radius 1 is 1.23 bits per heavy atom. The lowest BCUT2D eigenvalue weighted by Crippen LogP contribution is -2.48. The lowest BCUT2D eigenvalue weighted by Gasteiger charge is -2.36. The molecule has 0 radical (unpaired) electrons. The fraction of sp³-hybridized carbons (Fsp3) is 0.261. The van der Waals surface area contributed by atoms with E-state index < -0.39 is 0 Å². The number of nitrogens with one attached hydrogen (secondary N) is 1. The van der Waals surface area contributed by atoms with E-state index in [0.717, 1.165) is 47.7 Å². The first-order chi connectivity index (χ1) is 15.1. The number of hydrogen-bond donors (Lipinski definition) is 1. The number of carbonyl (C=O) groups excluding carboxylic acids is 1. The number of aryl methyl sites for hydroxylation is 1. The minimum absolute atomic E-state index is 0.0708. The summed E-state index contributed by atoms with van der Waals surface area (Å²) >= 11 is 0. The maximum atomic E-state index is 13.3. The Kier molecular flexibility index (Phi) is 4.82. The number of aliphatic imine (C=N–C) groups is 1. The van der Waals surface area contributed by atoms with Gasteiger partial charge in [0, 0.05) is 55.6 Å². The van der Waals surface area contributed by atoms with Crippen LogP contribution in [0.2, 0.25) is 0 Å². The first-order valence-corrected chi connectivity index (χ1v) is 10.3. The van der Waals surface area contributed by atoms with Crippen LogP contribution in [0.25, 0.3) is 11.3 Å². The number of hydrogen-bond acceptors (Lipinski definition) is 6. The molecule has 2 aliphatic heterocycles. The van der Waals surface area contributed by atoms with E-state index in [-0.39, 0.29) is 12.1 Å². The van der Waals surface area contributed by atoms with E-state index in [1.54, 1.807) is 30.4 Å². The van der Waals surface area contributed by atoms with Gasteiger partial charge in [0.2, 0.25) is 0 Å². The van der Waals surface area contributed by atoms with E-state index in [9.17, 15) is 4.79 Å². The van der Waals surface area contributed by atoms with Gasteiger partial charge in [-0.25, -0.2) is 14.8 Å². The third-order valence-electron chi connectivity index (χ3n) is 5.67. The van der Waals surface area contributed by atoms with Crippen molar-refractivity contribution in [2.75, 3.05) is 35.3 Å². The standard InChI is InChI=1S/C23H23N7O/c1-15-11-16(6-9-25-15)21-17(13-24-2)12-19-22(28-21)30(18-7-10-29(19)14-18)23(31)27-20-5-3-4-8-26-20/h3-6,8-9,11-13,18H,7,10,14H2,1-2H3,(H,26,27,31)/b24-13+/t18-/m0/s1. The largest absolute Gasteiger partial charge is 0.366 e. The maximum Gasteiger partial charge on any atom is 0.329 e. The first-order valence-electron chi connectivity index (χ1n) is 10.3. The predicted molar refractivity (Wildman–Crippen MR) is 122 cm³/mol. The zero-order valence-electron chi connectivity index (χ0n) is 17.5. The molecule has 5 heterocycles. The summed E-state index contributed by atoms with van der Waals surface area (Å²) < 4.78 is 0. The normalized spacial score (nSPS) is 17.2. The van der Waals surface area contributed by atoms with Gasteiger partial charge in [-0.2, -0.15) is 0 Å². The summed E-state index contributed by atoms with van der Waals surface area (Å²) in [4.78, 5) is 35.2. The Bertz CT molecular complexity index is 1160. The predicted octanol–water partition coefficient (Wildman–Crippen LogP) is 3.53. The number of fused-ring (bicyclic) bond motifs is 4. The Balaban J connectivity index is 1.62. The van der Waals surface area contributed by atoms with Crippen molar-refractivity contribution in [3.63, 3.8) is 0 Å². The molecule has 0 aromatic carbocycles. The average molecular weight is 413 g/mol. The fourth-order valence-electron chi connectivity index (χ4n) is 4.29. The second kappa shape index (κ2) is 7.79. The van der Waals surface area contributed by atoms with Crippen molar-refractivity contribution >= 4 is 29.6 Å². The minimum atomic E-state index is -0.215. The molecule has 0 saturated carbocycles. The molecule has 1 saturated heterocycles. The van der Waals surface area contributed by atoms with Crippen molar-refractivity contribution in [1.82, 2.24) is 15.0 Å². The Labute approximate surface area is 180 Å². The minimum Gasteiger partial charge on any atom is -0.366 e. The van der Waals surface area contributed by atoms with Crippen molar-refractivity contribution in [3.8, 4) is 11.3 Å². The van der Waals surface area contributed by atoms with E-state index in [2.05, 4.69) is 31.2 Å². The average Bonchev–Trinajstić information content (AvgIpc) is 3.19. The van der Waals surface area contributed by atoms with Crippen molar-refractivity contribution in [3.05, 3.63) is 60.0 Å². The second-order valence-electron chi connectivity index (χ2n) is 7.75. The lowest BCUT2D eigenvalue weighted by molar-refractivity contribution is 0.254. The summed E-state index contributed by atoms with van der Waals surface area (Å²) in [5.74, 6) is 1.19. The van der Waals surface area contributed by atoms with Crippen molar-refractivity contribution < 1.29 is 4.79 Å². The van der Waals surface area contributed by atoms with E-state index in [4.69, 9.17) is 4.98 Å². The third-order valence-corrected chi connectivity index (χ3v) is 5.67. The van der Waals surface area contributed by atoms with Gasteiger partial charge in [-0.1, -0.05) is 6.07 Å². The molecule has 0 spiro atoms. The Morgan fingerprint density at radius 3 is 2.90 bits per heavy atom. The molecule has 1 fully saturated rings. The number of anilines is 3. The summed E-state index contributed by atoms with van der Waals surface area (Å²) in [5.41, 5.74) is 4.51. The molecule has 1 N–H and O–H groups in total. The molecule has 8 heteroatoms. The van der Waals surface area contributed by atoms with Gasteiger partial charge in [-0.05, 0) is 43.7 Å². The van der Waals surface area contributed by atoms with Gasteiger partial charge in [0.25, 0.3) is 0 Å². The number of rotatable bonds is 3. The van der Waals surface area contributed by atoms with Crippen LogP contribution in [0.5, 0.6) is 0 Å². The van der Waals surface area contributed by atoms with Crippen molar-refractivity contribution in [1.29, 1.82) is 0 Å². The number of pyridine rings is 3. The van der Waals surface area contributed by atoms with Crippen LogP contribution < -0.4 is 15.1 Å². The number of aromatic nitrogens is 3. The summed E-state index contributed by atoms with van der Waals surface area (Å²) in [6, 6.07) is 11.3. The van der Waals surface area contributed by atoms with E-state index in [0.29, 0.717) is 11.6 Å². The Hall–Kier alpha value is -3.81. The molecule has 8 nitrogen and oxygen atoms in total. The highest BCUT2D eigenvalue weighted by Crippen LogP contribution is 2.41. The fourth-order valence-corrected chi connectivity index (χ4v) is 4.29. The molecule has 156 valence electrons. The van der Waals surface area contributed by atoms with Gasteiger partial charge < -0.3 is 4.90 Å². The van der Waals surface area contributed by atoms with Crippen LogP contribution in [0.3, 0.4) is 0 Å². The molecule has 2 amide bonds. The topological polar surface area (TPSA) is 86.6 Å². The van der Waals surface area contributed by atoms with Gasteiger partial charge in [0.1, 0.15) is 5.82 Å². The SMILES string of the molecule is C/N=C/c1cc2c(nc1-c1ccnc(C)c1)N(C(=O)Nc1ccccn1)[C@H]1CCN2C1. The van der Waals surface area contributed by atoms with Crippen LogP contribution in [-0.4, -0.2) is 53.4 Å². The smallest absolute Gasteiger partial charge is 0.329 e. The molecule has 0 aliphatic carbocycles. The van der Waals surface area contributed by atoms with Crippen molar-refractivity contribution in [2.45, 2.75) is 19.4 Å². The van der Waals surface area contributed by atoms with Gasteiger partial charge in [-0.15, -0.1) is 0 Å². The molecule has 5 rings (SSSR count). The van der Waals surface area contributed by atoms with Crippen LogP contribution in [0.1, 0.15) is 17.7 Å². The quantitative estimate of drug-likeness (QED) is 0.664. The lowest BCUT2D eigenvalue weighted by atomic mass is 10.0. The van der Waals surface area contributed by atoms with Crippen LogP contribution in [0.15, 0.2) is 53.8 Å². The van der Waals surface area contributed by atoms with Gasteiger partial charge in [0.15, 0.2) is 5.82 Å². The molecule has 31 heavy (non-hydrogen) atoms. The maximum absolute atomic E-state index is 13.3. The van der Waals surface area contributed by atoms with E-state index in [1.807, 2.05) is 37.4 Å². The highest BCUT2D eigenvalue weighted by molar-refractivity contribution is 6.05. The van der Waals surface area contributed by atoms with Gasteiger partial charge in [0.05, 0.1) is 17.4 Å². The summed E-state index contributed by atoms with van der Waals surface area (Å²) in [5, 5.41) is 2.92. The van der Waals surface area contributed by atoms with Crippen molar-refractivity contribution in [2.24, 2.45) is 4.99 Å². The first kappa shape index (κ1) is 19.2. The molecular weight excluding hydrogens is 390 g/mol. The Morgan fingerprint density at radius 2 is 2.13 bits per heavy atom. The molecule has 3 aromatic rings. The highest BCUT2D eigenvalue weighted by Gasteiger charge is 2.41. The molecular formula is C23H23N7O.